The van der Waals surface area contributed by atoms with Crippen LogP contribution in [0.3, 0.4) is 0 Å². The minimum absolute atomic E-state index is 0.261. The summed E-state index contributed by atoms with van der Waals surface area (Å²) in [5.74, 6) is -0.553. The summed E-state index contributed by atoms with van der Waals surface area (Å²) in [4.78, 5) is 31.7. The van der Waals surface area contributed by atoms with Crippen LogP contribution in [0.4, 0.5) is 4.79 Å². The molecule has 0 rings (SSSR count). The molecule has 0 bridgehead atoms. The highest BCUT2D eigenvalue weighted by Gasteiger charge is 2.13. The third-order valence-electron chi connectivity index (χ3n) is 4.81. The van der Waals surface area contributed by atoms with Crippen molar-refractivity contribution in [2.75, 3.05) is 0 Å². The van der Waals surface area contributed by atoms with E-state index in [-0.39, 0.29) is 12.0 Å². The summed E-state index contributed by atoms with van der Waals surface area (Å²) in [7, 11) is 0. The van der Waals surface area contributed by atoms with E-state index in [0.29, 0.717) is 19.3 Å². The Balaban J connectivity index is 4.42. The topological polar surface area (TPSA) is 119 Å². The van der Waals surface area contributed by atoms with Crippen LogP contribution < -0.4 is 5.73 Å². The Morgan fingerprint density at radius 2 is 1.74 bits per heavy atom. The van der Waals surface area contributed by atoms with Gasteiger partial charge in [-0.25, -0.2) is 4.79 Å². The average molecular weight is 537 g/mol. The van der Waals surface area contributed by atoms with Gasteiger partial charge in [-0.1, -0.05) is 84.0 Å². The van der Waals surface area contributed by atoms with E-state index in [1.165, 1.54) is 6.08 Å². The lowest BCUT2D eigenvalue weighted by Crippen LogP contribution is -2.21. The highest BCUT2D eigenvalue weighted by atomic mass is 79.9. The summed E-state index contributed by atoms with van der Waals surface area (Å²) in [5, 5.41) is 12.6. The first-order chi connectivity index (χ1) is 16.2. The summed E-state index contributed by atoms with van der Waals surface area (Å²) >= 11 is 3.60. The molecule has 0 fully saturated rings. The van der Waals surface area contributed by atoms with Crippen molar-refractivity contribution in [3.05, 3.63) is 75.7 Å². The standard InChI is InChI=1S/C26H37BrN2O5/c1-4-5-14-23(34-26(28)32)15-10-13-22(30)19-18-21(3)24(27)16-8-6-11-20(2)12-7-9-17-25(31)29-33/h5-9,11-12,14,16-17,21-23,30H,4,10,13,15,18-19H2,1-3H3,(H2,28,32)/b8-6+,12-7+,14-5+,17-9+,20-11+,24-16-/t21-,22?,23+/m0/s1. The number of rotatable bonds is 16. The molecular formula is C26H37BrN2O5. The number of nitrogens with two attached hydrogens (primary N) is 1. The molecule has 0 aromatic heterocycles. The summed E-state index contributed by atoms with van der Waals surface area (Å²) in [6.07, 6.45) is 20.4. The van der Waals surface area contributed by atoms with E-state index in [1.54, 1.807) is 6.08 Å². The summed E-state index contributed by atoms with van der Waals surface area (Å²) in [6, 6.07) is 0. The van der Waals surface area contributed by atoms with Crippen LogP contribution in [0, 0.1) is 10.8 Å². The summed E-state index contributed by atoms with van der Waals surface area (Å²) in [6.45, 7) is 6.02. The number of aliphatic hydroxyl groups is 1. The van der Waals surface area contributed by atoms with E-state index in [1.807, 2.05) is 56.4 Å². The molecule has 1 unspecified atom stereocenters. The molecule has 0 aliphatic carbocycles. The van der Waals surface area contributed by atoms with Crippen LogP contribution in [0.5, 0.6) is 0 Å². The van der Waals surface area contributed by atoms with E-state index < -0.39 is 18.1 Å². The lowest BCUT2D eigenvalue weighted by atomic mass is 9.99. The number of primary amides is 1. The molecule has 7 nitrogen and oxygen atoms in total. The van der Waals surface area contributed by atoms with Gasteiger partial charge in [0.05, 0.1) is 6.10 Å². The number of hydrogen-bond acceptors (Lipinski definition) is 5. The van der Waals surface area contributed by atoms with Gasteiger partial charge in [0.15, 0.2) is 0 Å². The van der Waals surface area contributed by atoms with Gasteiger partial charge < -0.3 is 15.6 Å². The second kappa shape index (κ2) is 19.9. The van der Waals surface area contributed by atoms with Gasteiger partial charge in [-0.15, -0.1) is 4.91 Å². The Morgan fingerprint density at radius 1 is 1.06 bits per heavy atom. The zero-order chi connectivity index (χ0) is 25.8. The Bertz CT molecular complexity index is 812. The number of ether oxygens (including phenoxy) is 1. The number of nitroso groups, excluding NO2 is 1. The molecule has 188 valence electrons. The molecule has 2 amide bonds. The van der Waals surface area contributed by atoms with Crippen LogP contribution in [0.1, 0.15) is 59.3 Å². The predicted octanol–water partition coefficient (Wildman–Crippen LogP) is 6.55. The fourth-order valence-corrected chi connectivity index (χ4v) is 3.24. The van der Waals surface area contributed by atoms with Gasteiger partial charge >= 0.3 is 12.0 Å². The van der Waals surface area contributed by atoms with Crippen molar-refractivity contribution >= 4 is 27.9 Å². The largest absolute Gasteiger partial charge is 0.442 e. The van der Waals surface area contributed by atoms with Gasteiger partial charge in [0.25, 0.3) is 0 Å². The fraction of sp³-hybridized carbons (Fsp3) is 0.462. The maximum Gasteiger partial charge on any atom is 0.405 e. The zero-order valence-corrected chi connectivity index (χ0v) is 21.8. The Kier molecular flexibility index (Phi) is 18.3. The molecule has 3 N–H and O–H groups in total. The van der Waals surface area contributed by atoms with Crippen LogP contribution in [0.15, 0.2) is 76.0 Å². The van der Waals surface area contributed by atoms with Crippen LogP contribution in [-0.2, 0) is 9.53 Å². The molecule has 0 radical (unpaired) electrons. The van der Waals surface area contributed by atoms with Crippen LogP contribution in [0.25, 0.3) is 0 Å². The molecule has 0 saturated heterocycles. The predicted molar refractivity (Wildman–Crippen MR) is 141 cm³/mol. The maximum absolute atomic E-state index is 11.0. The van der Waals surface area contributed by atoms with Crippen LogP contribution >= 0.6 is 15.9 Å². The molecule has 3 atom stereocenters. The Labute approximate surface area is 211 Å². The molecular weight excluding hydrogens is 500 g/mol. The lowest BCUT2D eigenvalue weighted by Gasteiger charge is -2.16. The fourth-order valence-electron chi connectivity index (χ4n) is 2.86. The molecule has 0 aliphatic heterocycles. The monoisotopic (exact) mass is 536 g/mol. The smallest absolute Gasteiger partial charge is 0.405 e. The molecule has 0 spiro atoms. The van der Waals surface area contributed by atoms with Crippen molar-refractivity contribution in [3.63, 3.8) is 0 Å². The minimum Gasteiger partial charge on any atom is -0.442 e. The normalized spacial score (nSPS) is 15.9. The van der Waals surface area contributed by atoms with Gasteiger partial charge in [0, 0.05) is 11.3 Å². The van der Waals surface area contributed by atoms with E-state index in [9.17, 15) is 19.6 Å². The number of nitrogens with zero attached hydrogens (tertiary/aromatic N) is 1. The quantitative estimate of drug-likeness (QED) is 0.100. The number of amides is 2. The van der Waals surface area contributed by atoms with E-state index in [4.69, 9.17) is 10.5 Å². The van der Waals surface area contributed by atoms with E-state index >= 15 is 0 Å². The van der Waals surface area contributed by atoms with Crippen molar-refractivity contribution in [2.45, 2.75) is 71.5 Å². The Morgan fingerprint density at radius 3 is 2.38 bits per heavy atom. The summed E-state index contributed by atoms with van der Waals surface area (Å²) < 4.78 is 6.12. The third kappa shape index (κ3) is 17.9. The number of carbonyl (C=O) groups is 2. The molecule has 0 saturated carbocycles. The highest BCUT2D eigenvalue weighted by Crippen LogP contribution is 2.24. The number of carbonyl (C=O) groups excluding carboxylic acids is 2. The summed E-state index contributed by atoms with van der Waals surface area (Å²) in [5.41, 5.74) is 6.09. The van der Waals surface area contributed by atoms with Gasteiger partial charge in [-0.2, -0.15) is 0 Å². The first-order valence-electron chi connectivity index (χ1n) is 11.4. The van der Waals surface area contributed by atoms with Gasteiger partial charge in [-0.3, -0.25) is 4.79 Å². The molecule has 0 aliphatic rings. The van der Waals surface area contributed by atoms with Crippen molar-refractivity contribution < 1.29 is 19.4 Å². The van der Waals surface area contributed by atoms with Crippen molar-refractivity contribution in [2.24, 2.45) is 16.8 Å². The zero-order valence-electron chi connectivity index (χ0n) is 20.2. The van der Waals surface area contributed by atoms with Crippen molar-refractivity contribution in [3.8, 4) is 0 Å². The SMILES string of the molecule is CC/C=C/[C@H](CCCC(O)CC[C@H](C)/C(Br)=C/C=C/C=C(C)/C=C/C=C/C(=O)N=O)OC(N)=O. The molecule has 0 aromatic rings. The average Bonchev–Trinajstić information content (AvgIpc) is 2.80. The van der Waals surface area contributed by atoms with Crippen LogP contribution in [-0.4, -0.2) is 29.3 Å². The van der Waals surface area contributed by atoms with Crippen molar-refractivity contribution in [1.82, 2.24) is 0 Å². The number of halogens is 1. The second-order valence-electron chi connectivity index (χ2n) is 7.87. The number of hydrogen-bond donors (Lipinski definition) is 2. The van der Waals surface area contributed by atoms with E-state index in [0.717, 1.165) is 35.4 Å². The first-order valence-corrected chi connectivity index (χ1v) is 12.2. The van der Waals surface area contributed by atoms with Crippen molar-refractivity contribution in [1.29, 1.82) is 0 Å². The third-order valence-corrected chi connectivity index (χ3v) is 5.85. The molecule has 0 aromatic carbocycles. The van der Waals surface area contributed by atoms with Gasteiger partial charge in [-0.05, 0) is 61.9 Å². The Hall–Kier alpha value is -2.58. The van der Waals surface area contributed by atoms with Gasteiger partial charge in [0.2, 0.25) is 0 Å². The molecule has 34 heavy (non-hydrogen) atoms. The number of aliphatic hydroxyl groups excluding tert-OH is 1. The lowest BCUT2D eigenvalue weighted by molar-refractivity contribution is -0.113. The second-order valence-corrected chi connectivity index (χ2v) is 8.79. The van der Waals surface area contributed by atoms with Gasteiger partial charge in [0.1, 0.15) is 6.10 Å². The first kappa shape index (κ1) is 31.4. The molecule has 8 heteroatoms. The maximum atomic E-state index is 11.0. The number of allylic oxidation sites excluding steroid dienone is 10. The highest BCUT2D eigenvalue weighted by molar-refractivity contribution is 9.11. The minimum atomic E-state index is -0.814. The van der Waals surface area contributed by atoms with Crippen LogP contribution in [0.2, 0.25) is 0 Å². The molecule has 0 heterocycles. The van der Waals surface area contributed by atoms with E-state index in [2.05, 4.69) is 28.0 Å².